The van der Waals surface area contributed by atoms with Crippen molar-refractivity contribution < 1.29 is 14.4 Å². The van der Waals surface area contributed by atoms with Gasteiger partial charge in [0.15, 0.2) is 5.78 Å². The van der Waals surface area contributed by atoms with Gasteiger partial charge in [-0.2, -0.15) is 0 Å². The van der Waals surface area contributed by atoms with Crippen LogP contribution in [0.4, 0.5) is 15.3 Å². The number of amides is 3. The number of hydrogen-bond donors (Lipinski definition) is 3. The number of rotatable bonds is 5. The van der Waals surface area contributed by atoms with Gasteiger partial charge in [-0.15, -0.1) is 0 Å². The quantitative estimate of drug-likeness (QED) is 0.679. The monoisotopic (exact) mass is 425 g/mol. The largest absolute Gasteiger partial charge is 0.351 e. The molecule has 0 unspecified atom stereocenters. The van der Waals surface area contributed by atoms with Crippen LogP contribution in [0, 0.1) is 5.92 Å². The predicted octanol–water partition coefficient (Wildman–Crippen LogP) is 3.43. The molecule has 1 aliphatic carbocycles. The minimum Gasteiger partial charge on any atom is -0.351 e. The molecule has 1 aromatic carbocycles. The molecule has 1 aliphatic heterocycles. The molecule has 2 aliphatic rings. The van der Waals surface area contributed by atoms with Crippen LogP contribution in [0.1, 0.15) is 51.4 Å². The van der Waals surface area contributed by atoms with Crippen molar-refractivity contribution in [2.75, 3.05) is 11.9 Å². The van der Waals surface area contributed by atoms with E-state index in [0.29, 0.717) is 41.9 Å². The van der Waals surface area contributed by atoms with E-state index >= 15 is 0 Å². The number of nitrogens with one attached hydrogen (secondary N) is 1. The van der Waals surface area contributed by atoms with Crippen LogP contribution in [-0.4, -0.2) is 45.9 Å². The van der Waals surface area contributed by atoms with Crippen LogP contribution < -0.4 is 16.8 Å². The number of urea groups is 1. The number of nitrogens with zero attached hydrogens (tertiary/aromatic N) is 2. The number of Topliss-reactive ketones (excluding diaryl/α,β-unsaturated/α-hetero) is 1. The molecule has 4 rings (SSSR count). The molecule has 31 heavy (non-hydrogen) atoms. The lowest BCUT2D eigenvalue weighted by Gasteiger charge is -2.25. The van der Waals surface area contributed by atoms with Gasteiger partial charge in [0.2, 0.25) is 0 Å². The third-order valence-electron chi connectivity index (χ3n) is 6.68. The maximum Gasteiger partial charge on any atom is 0.323 e. The van der Waals surface area contributed by atoms with Gasteiger partial charge >= 0.3 is 12.1 Å². The number of para-hydroxylation sites is 1. The van der Waals surface area contributed by atoms with Crippen molar-refractivity contribution in [3.05, 3.63) is 30.5 Å². The second-order valence-corrected chi connectivity index (χ2v) is 8.87. The molecule has 166 valence electrons. The molecule has 0 bridgehead atoms. The van der Waals surface area contributed by atoms with E-state index < -0.39 is 12.1 Å². The molecule has 1 saturated carbocycles. The molecule has 2 aromatic rings. The molecule has 1 saturated heterocycles. The first-order valence-corrected chi connectivity index (χ1v) is 11.2. The van der Waals surface area contributed by atoms with Crippen molar-refractivity contribution in [3.63, 3.8) is 0 Å². The molecule has 5 N–H and O–H groups in total. The third kappa shape index (κ3) is 4.58. The molecule has 0 spiro atoms. The molecule has 0 radical (unpaired) electrons. The number of aromatic nitrogens is 1. The fraction of sp³-hybridized carbons (Fsp3) is 0.522. The maximum absolute atomic E-state index is 13.1. The van der Waals surface area contributed by atoms with Crippen LogP contribution in [0.5, 0.6) is 0 Å². The summed E-state index contributed by atoms with van der Waals surface area (Å²) in [5, 5.41) is 3.57. The molecule has 2 heterocycles. The zero-order valence-electron chi connectivity index (χ0n) is 17.8. The zero-order valence-corrected chi connectivity index (χ0v) is 17.8. The van der Waals surface area contributed by atoms with Gasteiger partial charge in [-0.05, 0) is 24.8 Å². The highest BCUT2D eigenvalue weighted by Gasteiger charge is 2.38. The van der Waals surface area contributed by atoms with Gasteiger partial charge < -0.3 is 21.7 Å². The molecule has 8 nitrogen and oxygen atoms in total. The number of hydrogen-bond acceptors (Lipinski definition) is 4. The Bertz CT molecular complexity index is 979. The lowest BCUT2D eigenvalue weighted by atomic mass is 9.85. The van der Waals surface area contributed by atoms with Crippen LogP contribution in [0.2, 0.25) is 0 Å². The smallest absolute Gasteiger partial charge is 0.323 e. The van der Waals surface area contributed by atoms with E-state index in [1.54, 1.807) is 17.0 Å². The lowest BCUT2D eigenvalue weighted by molar-refractivity contribution is -0.122. The van der Waals surface area contributed by atoms with Gasteiger partial charge in [-0.25, -0.2) is 9.59 Å². The lowest BCUT2D eigenvalue weighted by Crippen LogP contribution is -2.43. The number of primary amides is 1. The summed E-state index contributed by atoms with van der Waals surface area (Å²) < 4.78 is 1.30. The Morgan fingerprint density at radius 3 is 2.58 bits per heavy atom. The number of carbonyl (C=O) groups excluding carboxylic acids is 3. The molecular formula is C23H31N5O3. The Labute approximate surface area is 181 Å². The third-order valence-corrected chi connectivity index (χ3v) is 6.68. The number of benzene rings is 1. The highest BCUT2D eigenvalue weighted by atomic mass is 16.2. The van der Waals surface area contributed by atoms with Gasteiger partial charge in [-0.3, -0.25) is 9.36 Å². The molecule has 8 heteroatoms. The van der Waals surface area contributed by atoms with Crippen molar-refractivity contribution >= 4 is 34.4 Å². The van der Waals surface area contributed by atoms with Crippen molar-refractivity contribution in [2.24, 2.45) is 17.4 Å². The summed E-state index contributed by atoms with van der Waals surface area (Å²) in [6.45, 7) is 0.333. The van der Waals surface area contributed by atoms with E-state index in [1.807, 2.05) is 12.1 Å². The van der Waals surface area contributed by atoms with Crippen LogP contribution in [0.25, 0.3) is 10.9 Å². The van der Waals surface area contributed by atoms with E-state index in [0.717, 1.165) is 6.42 Å². The molecule has 2 atom stereocenters. The maximum atomic E-state index is 13.1. The number of fused-ring (bicyclic) bond motifs is 1. The van der Waals surface area contributed by atoms with Crippen LogP contribution >= 0.6 is 0 Å². The van der Waals surface area contributed by atoms with E-state index in [9.17, 15) is 14.4 Å². The molecular weight excluding hydrogens is 394 g/mol. The summed E-state index contributed by atoms with van der Waals surface area (Å²) in [6.07, 6.45) is 9.58. The Kier molecular flexibility index (Phi) is 6.27. The number of nitrogens with two attached hydrogens (primary N) is 2. The number of anilines is 1. The molecule has 1 aromatic heterocycles. The summed E-state index contributed by atoms with van der Waals surface area (Å²) in [5.74, 6) is 0.711. The predicted molar refractivity (Wildman–Crippen MR) is 120 cm³/mol. The van der Waals surface area contributed by atoms with Crippen molar-refractivity contribution in [1.82, 2.24) is 9.47 Å². The first-order valence-electron chi connectivity index (χ1n) is 11.2. The Balaban J connectivity index is 1.46. The number of carbonyl (C=O) groups is 3. The first-order chi connectivity index (χ1) is 14.9. The summed E-state index contributed by atoms with van der Waals surface area (Å²) in [6, 6.07) is 5.48. The highest BCUT2D eigenvalue weighted by Crippen LogP contribution is 2.30. The van der Waals surface area contributed by atoms with E-state index in [-0.39, 0.29) is 17.9 Å². The van der Waals surface area contributed by atoms with Crippen molar-refractivity contribution in [3.8, 4) is 0 Å². The van der Waals surface area contributed by atoms with Crippen molar-refractivity contribution in [1.29, 1.82) is 0 Å². The molecule has 3 amide bonds. The topological polar surface area (TPSA) is 123 Å². The first kappa shape index (κ1) is 21.4. The zero-order chi connectivity index (χ0) is 22.0. The second-order valence-electron chi connectivity index (χ2n) is 8.87. The van der Waals surface area contributed by atoms with Gasteiger partial charge in [0.25, 0.3) is 0 Å². The fourth-order valence-corrected chi connectivity index (χ4v) is 5.04. The summed E-state index contributed by atoms with van der Waals surface area (Å²) >= 11 is 0. The van der Waals surface area contributed by atoms with Crippen molar-refractivity contribution in [2.45, 2.75) is 63.5 Å². The van der Waals surface area contributed by atoms with Crippen LogP contribution in [-0.2, 0) is 4.79 Å². The minimum absolute atomic E-state index is 0.0910. The SMILES string of the molecule is NC(=O)n1cc(NC(=O)N2C[C@@H](N)C[C@H]2C(=O)CCC2CCCCC2)c2ccccc21. The average molecular weight is 426 g/mol. The van der Waals surface area contributed by atoms with E-state index in [2.05, 4.69) is 5.32 Å². The fourth-order valence-electron chi connectivity index (χ4n) is 5.04. The van der Waals surface area contributed by atoms with Gasteiger partial charge in [0.1, 0.15) is 0 Å². The van der Waals surface area contributed by atoms with Crippen LogP contribution in [0.15, 0.2) is 30.5 Å². The Morgan fingerprint density at radius 1 is 1.10 bits per heavy atom. The number of likely N-dealkylation sites (tertiary alicyclic amines) is 1. The summed E-state index contributed by atoms with van der Waals surface area (Å²) in [7, 11) is 0. The Morgan fingerprint density at radius 2 is 1.84 bits per heavy atom. The Hall–Kier alpha value is -2.87. The van der Waals surface area contributed by atoms with E-state index in [1.165, 1.54) is 42.9 Å². The summed E-state index contributed by atoms with van der Waals surface area (Å²) in [4.78, 5) is 39.4. The van der Waals surface area contributed by atoms with Gasteiger partial charge in [0, 0.05) is 30.6 Å². The number of ketones is 1. The highest BCUT2D eigenvalue weighted by molar-refractivity contribution is 6.05. The second kappa shape index (κ2) is 9.09. The van der Waals surface area contributed by atoms with E-state index in [4.69, 9.17) is 11.5 Å². The normalized spacial score (nSPS) is 22.0. The average Bonchev–Trinajstić information content (AvgIpc) is 3.34. The van der Waals surface area contributed by atoms with Gasteiger partial charge in [0.05, 0.1) is 17.2 Å². The van der Waals surface area contributed by atoms with Crippen LogP contribution in [0.3, 0.4) is 0 Å². The van der Waals surface area contributed by atoms with Gasteiger partial charge in [-0.1, -0.05) is 50.3 Å². The minimum atomic E-state index is -0.629. The molecule has 2 fully saturated rings. The summed E-state index contributed by atoms with van der Waals surface area (Å²) in [5.41, 5.74) is 12.7. The standard InChI is InChI=1S/C23H31N5O3/c24-16-12-20(21(29)11-10-15-6-2-1-3-7-15)28(13-16)23(31)26-18-14-27(22(25)30)19-9-5-4-8-17(18)19/h4-5,8-9,14-16,20H,1-3,6-7,10-13,24H2,(H2,25,30)(H,26,31)/t16-,20-/m0/s1.